The maximum absolute atomic E-state index is 13.2. The van der Waals surface area contributed by atoms with Gasteiger partial charge >= 0.3 is 5.97 Å². The molecule has 0 saturated heterocycles. The molecule has 0 bridgehead atoms. The largest absolute Gasteiger partial charge is 0.466 e. The minimum Gasteiger partial charge on any atom is -0.466 e. The van der Waals surface area contributed by atoms with Gasteiger partial charge in [-0.05, 0) is 56.7 Å². The Hall–Kier alpha value is -2.93. The molecule has 0 unspecified atom stereocenters. The lowest BCUT2D eigenvalue weighted by molar-refractivity contribution is -0.147. The summed E-state index contributed by atoms with van der Waals surface area (Å²) < 4.78 is 31.8. The van der Waals surface area contributed by atoms with Gasteiger partial charge in [0, 0.05) is 25.6 Å². The van der Waals surface area contributed by atoms with Crippen molar-refractivity contribution in [3.63, 3.8) is 0 Å². The maximum atomic E-state index is 13.2. The van der Waals surface area contributed by atoms with Crippen LogP contribution in [0, 0.1) is 11.7 Å². The van der Waals surface area contributed by atoms with Crippen molar-refractivity contribution in [3.05, 3.63) is 54.1 Å². The van der Waals surface area contributed by atoms with Crippen molar-refractivity contribution in [1.82, 2.24) is 9.55 Å². The molecule has 3 rings (SSSR count). The van der Waals surface area contributed by atoms with E-state index in [1.165, 1.54) is 12.1 Å². The number of hydrogen-bond acceptors (Lipinski definition) is 5. The third-order valence-corrected chi connectivity index (χ3v) is 5.00. The monoisotopic (exact) mass is 428 g/mol. The molecular formula is C24H29FN2O4. The third-order valence-electron chi connectivity index (χ3n) is 5.00. The molecule has 7 heteroatoms. The van der Waals surface area contributed by atoms with Gasteiger partial charge in [-0.3, -0.25) is 4.79 Å². The highest BCUT2D eigenvalue weighted by Crippen LogP contribution is 2.27. The second-order valence-electron chi connectivity index (χ2n) is 7.27. The number of rotatable bonds is 11. The Kier molecular flexibility index (Phi) is 8.00. The summed E-state index contributed by atoms with van der Waals surface area (Å²) >= 11 is 0. The molecule has 0 aliphatic carbocycles. The van der Waals surface area contributed by atoms with E-state index in [9.17, 15) is 9.18 Å². The van der Waals surface area contributed by atoms with Crippen LogP contribution in [0.15, 0.2) is 42.5 Å². The molecule has 166 valence electrons. The van der Waals surface area contributed by atoms with E-state index in [0.717, 1.165) is 16.9 Å². The van der Waals surface area contributed by atoms with Crippen molar-refractivity contribution >= 4 is 17.0 Å². The molecule has 6 nitrogen and oxygen atoms in total. The summed E-state index contributed by atoms with van der Waals surface area (Å²) in [6.07, 6.45) is 1.30. The van der Waals surface area contributed by atoms with E-state index in [2.05, 4.69) is 4.57 Å². The first-order valence-corrected chi connectivity index (χ1v) is 10.7. The average molecular weight is 429 g/mol. The Morgan fingerprint density at radius 1 is 1.10 bits per heavy atom. The lowest BCUT2D eigenvalue weighted by Crippen LogP contribution is -2.17. The van der Waals surface area contributed by atoms with Gasteiger partial charge in [0.1, 0.15) is 23.1 Å². The number of benzene rings is 2. The number of carbonyl (C=O) groups excluding carboxylic acids is 1. The number of fused-ring (bicyclic) bond motifs is 1. The third kappa shape index (κ3) is 6.04. The molecule has 0 amide bonds. The van der Waals surface area contributed by atoms with Crippen LogP contribution in [0.3, 0.4) is 0 Å². The Balaban J connectivity index is 1.83. The van der Waals surface area contributed by atoms with Crippen molar-refractivity contribution in [2.24, 2.45) is 5.92 Å². The van der Waals surface area contributed by atoms with E-state index in [1.807, 2.05) is 39.0 Å². The Bertz CT molecular complexity index is 1000. The fourth-order valence-corrected chi connectivity index (χ4v) is 3.34. The molecule has 0 N–H and O–H groups in total. The maximum Gasteiger partial charge on any atom is 0.308 e. The number of esters is 1. The van der Waals surface area contributed by atoms with Gasteiger partial charge in [0.05, 0.1) is 30.2 Å². The fourth-order valence-electron chi connectivity index (χ4n) is 3.34. The molecule has 31 heavy (non-hydrogen) atoms. The first-order valence-electron chi connectivity index (χ1n) is 10.7. The summed E-state index contributed by atoms with van der Waals surface area (Å²) in [6.45, 7) is 7.87. The summed E-state index contributed by atoms with van der Waals surface area (Å²) in [7, 11) is 0. The smallest absolute Gasteiger partial charge is 0.308 e. The predicted molar refractivity (Wildman–Crippen MR) is 117 cm³/mol. The lowest BCUT2D eigenvalue weighted by Gasteiger charge is -2.12. The molecule has 0 spiro atoms. The van der Waals surface area contributed by atoms with Crippen molar-refractivity contribution in [1.29, 1.82) is 0 Å². The molecule has 0 aliphatic rings. The second kappa shape index (κ2) is 10.9. The molecule has 0 aliphatic heterocycles. The van der Waals surface area contributed by atoms with Crippen molar-refractivity contribution < 1.29 is 23.4 Å². The summed E-state index contributed by atoms with van der Waals surface area (Å²) in [5.74, 6) is 1.41. The van der Waals surface area contributed by atoms with Crippen LogP contribution in [0.5, 0.6) is 11.5 Å². The molecular weight excluding hydrogens is 399 g/mol. The Labute approximate surface area is 181 Å². The minimum absolute atomic E-state index is 0.186. The molecule has 2 aromatic carbocycles. The number of aryl methyl sites for hydroxylation is 1. The zero-order valence-corrected chi connectivity index (χ0v) is 18.3. The number of nitrogens with zero attached hydrogens (tertiary/aromatic N) is 2. The molecule has 1 aromatic heterocycles. The average Bonchev–Trinajstić information content (AvgIpc) is 3.11. The number of aromatic nitrogens is 2. The summed E-state index contributed by atoms with van der Waals surface area (Å²) in [6, 6.07) is 11.6. The number of carbonyl (C=O) groups is 1. The first kappa shape index (κ1) is 22.7. The normalized spacial score (nSPS) is 12.1. The van der Waals surface area contributed by atoms with E-state index in [0.29, 0.717) is 50.7 Å². The number of ether oxygens (including phenoxy) is 3. The van der Waals surface area contributed by atoms with Gasteiger partial charge < -0.3 is 18.8 Å². The van der Waals surface area contributed by atoms with Gasteiger partial charge in [0.25, 0.3) is 0 Å². The zero-order valence-electron chi connectivity index (χ0n) is 18.3. The van der Waals surface area contributed by atoms with Gasteiger partial charge in [-0.25, -0.2) is 9.37 Å². The van der Waals surface area contributed by atoms with E-state index in [4.69, 9.17) is 19.2 Å². The van der Waals surface area contributed by atoms with Gasteiger partial charge in [-0.1, -0.05) is 6.92 Å². The molecule has 0 saturated carbocycles. The summed E-state index contributed by atoms with van der Waals surface area (Å²) in [4.78, 5) is 16.7. The molecule has 3 aromatic rings. The van der Waals surface area contributed by atoms with Crippen LogP contribution in [-0.2, 0) is 27.2 Å². The van der Waals surface area contributed by atoms with Crippen molar-refractivity contribution in [2.75, 3.05) is 19.8 Å². The number of hydrogen-bond donors (Lipinski definition) is 0. The van der Waals surface area contributed by atoms with Gasteiger partial charge in [0.2, 0.25) is 0 Å². The molecule has 1 atom stereocenters. The van der Waals surface area contributed by atoms with E-state index in [1.54, 1.807) is 12.1 Å². The number of halogens is 1. The van der Waals surface area contributed by atoms with Crippen LogP contribution >= 0.6 is 0 Å². The highest BCUT2D eigenvalue weighted by atomic mass is 19.1. The molecule has 1 heterocycles. The Morgan fingerprint density at radius 2 is 1.84 bits per heavy atom. The van der Waals surface area contributed by atoms with E-state index < -0.39 is 0 Å². The highest BCUT2D eigenvalue weighted by molar-refractivity contribution is 5.78. The zero-order chi connectivity index (χ0) is 22.2. The second-order valence-corrected chi connectivity index (χ2v) is 7.27. The summed E-state index contributed by atoms with van der Waals surface area (Å²) in [5, 5.41) is 0. The molecule has 0 radical (unpaired) electrons. The Morgan fingerprint density at radius 3 is 2.55 bits per heavy atom. The van der Waals surface area contributed by atoms with Crippen LogP contribution in [0.25, 0.3) is 11.0 Å². The van der Waals surface area contributed by atoms with Gasteiger partial charge in [-0.2, -0.15) is 0 Å². The fraction of sp³-hybridized carbons (Fsp3) is 0.417. The molecule has 0 fully saturated rings. The van der Waals surface area contributed by atoms with Crippen molar-refractivity contribution in [3.8, 4) is 11.5 Å². The SMILES string of the molecule is CCOCCn1c(CC[C@@H](C)C(=O)OCC)nc2ccc(Oc3ccc(F)cc3)cc21. The van der Waals surface area contributed by atoms with Crippen LogP contribution < -0.4 is 4.74 Å². The predicted octanol–water partition coefficient (Wildman–Crippen LogP) is 5.14. The van der Waals surface area contributed by atoms with E-state index in [-0.39, 0.29) is 17.7 Å². The van der Waals surface area contributed by atoms with Crippen LogP contribution in [0.2, 0.25) is 0 Å². The minimum atomic E-state index is -0.307. The topological polar surface area (TPSA) is 62.6 Å². The quantitative estimate of drug-likeness (QED) is 0.313. The lowest BCUT2D eigenvalue weighted by atomic mass is 10.1. The van der Waals surface area contributed by atoms with E-state index >= 15 is 0 Å². The standard InChI is InChI=1S/C24H29FN2O4/c1-4-29-15-14-27-22-16-20(31-19-9-7-18(25)8-10-19)11-12-21(22)26-23(27)13-6-17(3)24(28)30-5-2/h7-12,16-17H,4-6,13-15H2,1-3H3/t17-/m1/s1. The van der Waals surface area contributed by atoms with Gasteiger partial charge in [0.15, 0.2) is 0 Å². The number of imidazole rings is 1. The van der Waals surface area contributed by atoms with Gasteiger partial charge in [-0.15, -0.1) is 0 Å². The van der Waals surface area contributed by atoms with Crippen molar-refractivity contribution in [2.45, 2.75) is 40.2 Å². The summed E-state index contributed by atoms with van der Waals surface area (Å²) in [5.41, 5.74) is 1.78. The first-order chi connectivity index (χ1) is 15.0. The van der Waals surface area contributed by atoms with Crippen LogP contribution in [-0.4, -0.2) is 35.3 Å². The van der Waals surface area contributed by atoms with Crippen LogP contribution in [0.1, 0.15) is 33.0 Å². The van der Waals surface area contributed by atoms with Crippen LogP contribution in [0.4, 0.5) is 4.39 Å². The highest BCUT2D eigenvalue weighted by Gasteiger charge is 2.17.